The lowest BCUT2D eigenvalue weighted by molar-refractivity contribution is -0.110. The van der Waals surface area contributed by atoms with Crippen LogP contribution < -0.4 is 5.32 Å². The Morgan fingerprint density at radius 1 is 1.64 bits per heavy atom. The van der Waals surface area contributed by atoms with Crippen LogP contribution in [0, 0.1) is 0 Å². The lowest BCUT2D eigenvalue weighted by atomic mass is 10.3. The predicted molar refractivity (Wildman–Crippen MR) is 45.5 cm³/mol. The number of hydrogen-bond donors (Lipinski definition) is 1. The van der Waals surface area contributed by atoms with Crippen LogP contribution in [0.25, 0.3) is 5.57 Å². The van der Waals surface area contributed by atoms with Gasteiger partial charge in [-0.2, -0.15) is 0 Å². The third kappa shape index (κ3) is 0.755. The molecule has 0 unspecified atom stereocenters. The molecule has 0 atom stereocenters. The van der Waals surface area contributed by atoms with Crippen molar-refractivity contribution < 1.29 is 4.79 Å². The number of hydrogen-bond acceptors (Lipinski definition) is 2. The molecule has 0 aliphatic carbocycles. The molecule has 3 heteroatoms. The summed E-state index contributed by atoms with van der Waals surface area (Å²) in [5, 5.41) is 4.64. The van der Waals surface area contributed by atoms with Crippen molar-refractivity contribution in [3.05, 3.63) is 28.6 Å². The van der Waals surface area contributed by atoms with Gasteiger partial charge in [0.1, 0.15) is 5.57 Å². The third-order valence-electron chi connectivity index (χ3n) is 1.54. The van der Waals surface area contributed by atoms with Crippen molar-refractivity contribution in [3.8, 4) is 0 Å². The maximum Gasteiger partial charge on any atom is 0.265 e. The Kier molecular flexibility index (Phi) is 1.22. The minimum atomic E-state index is -0.0955. The molecule has 11 heavy (non-hydrogen) atoms. The molecule has 0 radical (unpaired) electrons. The number of amides is 1. The first kappa shape index (κ1) is 6.40. The van der Waals surface area contributed by atoms with Crippen molar-refractivity contribution in [2.24, 2.45) is 0 Å². The quantitative estimate of drug-likeness (QED) is 0.459. The van der Waals surface area contributed by atoms with Gasteiger partial charge in [0.05, 0.1) is 10.6 Å². The van der Waals surface area contributed by atoms with Crippen molar-refractivity contribution in [2.45, 2.75) is 0 Å². The standard InChI is InChI=1S/C8H5NOS/c1-2-5-7-6(3-4-11-7)9-8(5)10/h3-4H,1H2,(H,9,10). The summed E-state index contributed by atoms with van der Waals surface area (Å²) in [6.45, 7) is 3.46. The zero-order chi connectivity index (χ0) is 7.84. The Balaban J connectivity index is 2.69. The van der Waals surface area contributed by atoms with Gasteiger partial charge in [-0.15, -0.1) is 17.1 Å². The zero-order valence-corrected chi connectivity index (χ0v) is 6.49. The highest BCUT2D eigenvalue weighted by Crippen LogP contribution is 2.35. The molecule has 0 spiro atoms. The molecule has 1 aliphatic rings. The van der Waals surface area contributed by atoms with Crippen molar-refractivity contribution in [1.29, 1.82) is 0 Å². The van der Waals surface area contributed by atoms with Crippen molar-refractivity contribution in [1.82, 2.24) is 0 Å². The molecule has 0 aromatic carbocycles. The minimum absolute atomic E-state index is 0.0955. The van der Waals surface area contributed by atoms with Crippen LogP contribution in [-0.2, 0) is 4.79 Å². The van der Waals surface area contributed by atoms with Crippen LogP contribution in [0.2, 0.25) is 0 Å². The van der Waals surface area contributed by atoms with E-state index in [0.717, 1.165) is 10.6 Å². The first-order valence-electron chi connectivity index (χ1n) is 3.12. The molecule has 1 aromatic heterocycles. The lowest BCUT2D eigenvalue weighted by Crippen LogP contribution is -2.02. The highest BCUT2D eigenvalue weighted by atomic mass is 32.1. The van der Waals surface area contributed by atoms with Gasteiger partial charge in [-0.25, -0.2) is 0 Å². The predicted octanol–water partition coefficient (Wildman–Crippen LogP) is 1.87. The summed E-state index contributed by atoms with van der Waals surface area (Å²) in [6, 6.07) is 1.88. The first-order valence-corrected chi connectivity index (χ1v) is 4.00. The summed E-state index contributed by atoms with van der Waals surface area (Å²) >= 11 is 1.53. The average Bonchev–Trinajstić information content (AvgIpc) is 2.46. The molecule has 0 saturated heterocycles. The molecule has 0 saturated carbocycles. The van der Waals surface area contributed by atoms with E-state index in [2.05, 4.69) is 17.6 Å². The summed E-state index contributed by atoms with van der Waals surface area (Å²) < 4.78 is 0. The molecule has 1 N–H and O–H groups in total. The van der Waals surface area contributed by atoms with E-state index in [0.29, 0.717) is 5.57 Å². The largest absolute Gasteiger partial charge is 0.320 e. The topological polar surface area (TPSA) is 29.1 Å². The molecular formula is C8H5NOS. The van der Waals surface area contributed by atoms with E-state index < -0.39 is 0 Å². The maximum absolute atomic E-state index is 11.1. The zero-order valence-electron chi connectivity index (χ0n) is 5.68. The number of anilines is 1. The van der Waals surface area contributed by atoms with E-state index in [9.17, 15) is 4.79 Å². The van der Waals surface area contributed by atoms with Gasteiger partial charge in [-0.1, -0.05) is 6.58 Å². The molecule has 2 rings (SSSR count). The fourth-order valence-corrected chi connectivity index (χ4v) is 1.92. The van der Waals surface area contributed by atoms with Crippen LogP contribution >= 0.6 is 11.3 Å². The van der Waals surface area contributed by atoms with Crippen LogP contribution in [0.4, 0.5) is 5.69 Å². The molecule has 0 bridgehead atoms. The Labute approximate surface area is 67.9 Å². The second-order valence-corrected chi connectivity index (χ2v) is 3.09. The smallest absolute Gasteiger partial charge is 0.265 e. The van der Waals surface area contributed by atoms with Crippen molar-refractivity contribution >= 4 is 28.5 Å². The molecule has 54 valence electrons. The monoisotopic (exact) mass is 163 g/mol. The van der Waals surface area contributed by atoms with Gasteiger partial charge < -0.3 is 5.32 Å². The normalized spacial score (nSPS) is 14.2. The molecular weight excluding hydrogens is 158 g/mol. The van der Waals surface area contributed by atoms with Crippen LogP contribution in [0.1, 0.15) is 4.88 Å². The third-order valence-corrected chi connectivity index (χ3v) is 2.48. The van der Waals surface area contributed by atoms with E-state index in [1.165, 1.54) is 11.3 Å². The second-order valence-electron chi connectivity index (χ2n) is 2.17. The summed E-state index contributed by atoms with van der Waals surface area (Å²) in [5.74, 6) is -0.0955. The van der Waals surface area contributed by atoms with E-state index >= 15 is 0 Å². The first-order chi connectivity index (χ1) is 5.33. The number of fused-ring (bicyclic) bond motifs is 1. The van der Waals surface area contributed by atoms with Crippen LogP contribution in [-0.4, -0.2) is 5.91 Å². The maximum atomic E-state index is 11.1. The molecule has 2 nitrogen and oxygen atoms in total. The Morgan fingerprint density at radius 3 is 3.18 bits per heavy atom. The number of carbonyl (C=O) groups is 1. The van der Waals surface area contributed by atoms with E-state index in [1.54, 1.807) is 0 Å². The second kappa shape index (κ2) is 2.09. The van der Waals surface area contributed by atoms with Gasteiger partial charge in [0.25, 0.3) is 5.91 Å². The van der Waals surface area contributed by atoms with E-state index in [1.807, 2.05) is 11.4 Å². The van der Waals surface area contributed by atoms with Gasteiger partial charge in [0.15, 0.2) is 0 Å². The lowest BCUT2D eigenvalue weighted by Gasteiger charge is -1.86. The molecule has 1 amide bonds. The van der Waals surface area contributed by atoms with Crippen LogP contribution in [0.3, 0.4) is 0 Å². The number of nitrogens with one attached hydrogen (secondary N) is 1. The molecule has 1 aromatic rings. The van der Waals surface area contributed by atoms with Crippen LogP contribution in [0.5, 0.6) is 0 Å². The SMILES string of the molecule is C=C=C1C(=O)Nc2ccsc21. The average molecular weight is 163 g/mol. The molecule has 0 fully saturated rings. The summed E-state index contributed by atoms with van der Waals surface area (Å²) in [4.78, 5) is 12.0. The van der Waals surface area contributed by atoms with E-state index in [4.69, 9.17) is 0 Å². The van der Waals surface area contributed by atoms with Gasteiger partial charge in [-0.3, -0.25) is 4.79 Å². The van der Waals surface area contributed by atoms with Crippen molar-refractivity contribution in [2.75, 3.05) is 5.32 Å². The van der Waals surface area contributed by atoms with Gasteiger partial charge >= 0.3 is 0 Å². The van der Waals surface area contributed by atoms with Crippen LogP contribution in [0.15, 0.2) is 23.8 Å². The Hall–Kier alpha value is -1.31. The summed E-state index contributed by atoms with van der Waals surface area (Å²) in [7, 11) is 0. The van der Waals surface area contributed by atoms with Gasteiger partial charge in [0, 0.05) is 0 Å². The fraction of sp³-hybridized carbons (Fsp3) is 0. The Morgan fingerprint density at radius 2 is 2.45 bits per heavy atom. The number of carbonyl (C=O) groups excluding carboxylic acids is 1. The van der Waals surface area contributed by atoms with Gasteiger partial charge in [0.2, 0.25) is 0 Å². The Bertz CT molecular complexity index is 371. The van der Waals surface area contributed by atoms with Gasteiger partial charge in [-0.05, 0) is 11.4 Å². The molecule has 1 aliphatic heterocycles. The summed E-state index contributed by atoms with van der Waals surface area (Å²) in [6.07, 6.45) is 0. The molecule has 2 heterocycles. The highest BCUT2D eigenvalue weighted by molar-refractivity contribution is 7.12. The van der Waals surface area contributed by atoms with Crippen molar-refractivity contribution in [3.63, 3.8) is 0 Å². The number of rotatable bonds is 0. The minimum Gasteiger partial charge on any atom is -0.320 e. The highest BCUT2D eigenvalue weighted by Gasteiger charge is 2.24. The number of thiophene rings is 1. The fourth-order valence-electron chi connectivity index (χ4n) is 1.05. The van der Waals surface area contributed by atoms with E-state index in [-0.39, 0.29) is 5.91 Å². The summed E-state index contributed by atoms with van der Waals surface area (Å²) in [5.41, 5.74) is 4.07.